The first-order valence-corrected chi connectivity index (χ1v) is 13.0. The molecule has 7 nitrogen and oxygen atoms in total. The Morgan fingerprint density at radius 1 is 0.800 bits per heavy atom. The Morgan fingerprint density at radius 2 is 1.45 bits per heavy atom. The van der Waals surface area contributed by atoms with Crippen molar-refractivity contribution >= 4 is 34.8 Å². The van der Waals surface area contributed by atoms with Crippen molar-refractivity contribution in [3.05, 3.63) is 147 Å². The zero-order valence-electron chi connectivity index (χ0n) is 21.1. The molecule has 1 aliphatic carbocycles. The van der Waals surface area contributed by atoms with Gasteiger partial charge in [0.05, 0.1) is 11.0 Å². The van der Waals surface area contributed by atoms with Crippen LogP contribution in [0.1, 0.15) is 48.1 Å². The average molecular weight is 527 g/mol. The Hall–Kier alpha value is -5.17. The number of nitro groups is 1. The maximum Gasteiger partial charge on any atom is 0.270 e. The molecule has 4 aromatic rings. The number of Topliss-reactive ketones (excluding diaryl/α,β-unsaturated/α-hetero) is 3. The van der Waals surface area contributed by atoms with E-state index in [1.165, 1.54) is 18.2 Å². The van der Waals surface area contributed by atoms with Gasteiger partial charge in [0.2, 0.25) is 0 Å². The molecule has 0 radical (unpaired) electrons. The number of hydrogen-bond donors (Lipinski definition) is 0. The summed E-state index contributed by atoms with van der Waals surface area (Å²) in [7, 11) is 0. The van der Waals surface area contributed by atoms with Crippen LogP contribution >= 0.6 is 0 Å². The van der Waals surface area contributed by atoms with Crippen molar-refractivity contribution in [2.45, 2.75) is 18.0 Å². The van der Waals surface area contributed by atoms with E-state index in [0.717, 1.165) is 11.3 Å². The third-order valence-electron chi connectivity index (χ3n) is 8.48. The SMILES string of the molecule is O=C(c1cccc([N+](=O)[O-])c1)[C@@H]1[C@H](c2ccccc2)C2(C(=O)c3ccccc3C2=O)[C@@H]2C=Cc3ccccc3N12. The van der Waals surface area contributed by atoms with Crippen LogP contribution in [0.15, 0.2) is 109 Å². The molecule has 7 heteroatoms. The van der Waals surface area contributed by atoms with Gasteiger partial charge in [0, 0.05) is 40.4 Å². The molecule has 1 fully saturated rings. The van der Waals surface area contributed by atoms with Crippen LogP contribution in [0.25, 0.3) is 6.08 Å². The lowest BCUT2D eigenvalue weighted by molar-refractivity contribution is -0.384. The van der Waals surface area contributed by atoms with Crippen molar-refractivity contribution in [1.29, 1.82) is 0 Å². The van der Waals surface area contributed by atoms with E-state index >= 15 is 0 Å². The maximum atomic E-state index is 14.6. The van der Waals surface area contributed by atoms with Gasteiger partial charge in [0.15, 0.2) is 17.3 Å². The molecule has 0 aromatic heterocycles. The Labute approximate surface area is 229 Å². The molecule has 2 aliphatic heterocycles. The van der Waals surface area contributed by atoms with Gasteiger partial charge in [-0.1, -0.05) is 97.1 Å². The Bertz CT molecular complexity index is 1740. The summed E-state index contributed by atoms with van der Waals surface area (Å²) in [5.41, 5.74) is 1.32. The number of nitro benzene ring substituents is 1. The molecule has 194 valence electrons. The molecular weight excluding hydrogens is 504 g/mol. The Morgan fingerprint density at radius 3 is 2.15 bits per heavy atom. The summed E-state index contributed by atoms with van der Waals surface area (Å²) in [6.45, 7) is 0. The van der Waals surface area contributed by atoms with E-state index < -0.39 is 28.3 Å². The van der Waals surface area contributed by atoms with Crippen molar-refractivity contribution < 1.29 is 19.3 Å². The minimum Gasteiger partial charge on any atom is -0.352 e. The summed E-state index contributed by atoms with van der Waals surface area (Å²) < 4.78 is 0. The fourth-order valence-electron chi connectivity index (χ4n) is 6.89. The molecule has 4 aromatic carbocycles. The standard InChI is InChI=1S/C33H22N2O5/c36-30(22-12-8-13-23(19-22)35(39)40)29-28(21-10-2-1-3-11-21)33(31(37)24-14-5-6-15-25(24)32(33)38)27-18-17-20-9-4-7-16-26(20)34(27)29/h1-19,27-29H/t27-,28-,29-/m0/s1. The second kappa shape index (κ2) is 8.68. The summed E-state index contributed by atoms with van der Waals surface area (Å²) in [5.74, 6) is -1.86. The van der Waals surface area contributed by atoms with E-state index in [1.54, 1.807) is 30.3 Å². The molecule has 2 heterocycles. The molecule has 0 unspecified atom stereocenters. The first kappa shape index (κ1) is 23.9. The van der Waals surface area contributed by atoms with Crippen LogP contribution in [0.3, 0.4) is 0 Å². The van der Waals surface area contributed by atoms with E-state index in [9.17, 15) is 24.5 Å². The predicted molar refractivity (Wildman–Crippen MR) is 150 cm³/mol. The number of anilines is 1. The van der Waals surface area contributed by atoms with Crippen LogP contribution in [0.5, 0.6) is 0 Å². The van der Waals surface area contributed by atoms with Gasteiger partial charge in [-0.15, -0.1) is 0 Å². The molecule has 3 atom stereocenters. The number of rotatable bonds is 4. The highest BCUT2D eigenvalue weighted by molar-refractivity contribution is 6.32. The lowest BCUT2D eigenvalue weighted by Crippen LogP contribution is -2.48. The molecule has 40 heavy (non-hydrogen) atoms. The Kier molecular flexibility index (Phi) is 5.19. The fourth-order valence-corrected chi connectivity index (χ4v) is 6.89. The van der Waals surface area contributed by atoms with Gasteiger partial charge in [0.1, 0.15) is 11.5 Å². The summed E-state index contributed by atoms with van der Waals surface area (Å²) in [6.07, 6.45) is 3.77. The number of hydrogen-bond acceptors (Lipinski definition) is 6. The van der Waals surface area contributed by atoms with Gasteiger partial charge in [0.25, 0.3) is 5.69 Å². The van der Waals surface area contributed by atoms with Crippen LogP contribution in [0.4, 0.5) is 11.4 Å². The van der Waals surface area contributed by atoms with Gasteiger partial charge in [-0.25, -0.2) is 0 Å². The molecule has 1 spiro atoms. The van der Waals surface area contributed by atoms with Crippen LogP contribution in [0, 0.1) is 15.5 Å². The van der Waals surface area contributed by atoms with Gasteiger partial charge in [-0.3, -0.25) is 24.5 Å². The molecule has 7 rings (SSSR count). The molecule has 3 aliphatic rings. The lowest BCUT2D eigenvalue weighted by Gasteiger charge is -2.37. The number of ketones is 3. The van der Waals surface area contributed by atoms with E-state index in [4.69, 9.17) is 0 Å². The molecule has 0 N–H and O–H groups in total. The number of non-ortho nitro benzene ring substituents is 1. The predicted octanol–water partition coefficient (Wildman–Crippen LogP) is 5.91. The third-order valence-corrected chi connectivity index (χ3v) is 8.48. The second-order valence-electron chi connectivity index (χ2n) is 10.3. The summed E-state index contributed by atoms with van der Waals surface area (Å²) in [6, 6.07) is 27.5. The fraction of sp³-hybridized carbons (Fsp3) is 0.121. The first-order valence-electron chi connectivity index (χ1n) is 13.0. The highest BCUT2D eigenvalue weighted by Gasteiger charge is 2.71. The zero-order valence-corrected chi connectivity index (χ0v) is 21.1. The highest BCUT2D eigenvalue weighted by Crippen LogP contribution is 2.60. The molecular formula is C33H22N2O5. The minimum atomic E-state index is -1.60. The Balaban J connectivity index is 1.53. The number of benzene rings is 4. The molecule has 0 saturated carbocycles. The van der Waals surface area contributed by atoms with Crippen LogP contribution in [-0.2, 0) is 0 Å². The van der Waals surface area contributed by atoms with Gasteiger partial charge in [-0.05, 0) is 17.2 Å². The molecule has 1 saturated heterocycles. The van der Waals surface area contributed by atoms with Gasteiger partial charge >= 0.3 is 0 Å². The van der Waals surface area contributed by atoms with E-state index in [1.807, 2.05) is 71.6 Å². The largest absolute Gasteiger partial charge is 0.352 e. The molecule has 0 bridgehead atoms. The zero-order chi connectivity index (χ0) is 27.6. The quantitative estimate of drug-likeness (QED) is 0.142. The lowest BCUT2D eigenvalue weighted by atomic mass is 9.64. The first-order chi connectivity index (χ1) is 19.4. The monoisotopic (exact) mass is 526 g/mol. The van der Waals surface area contributed by atoms with E-state index in [-0.39, 0.29) is 28.6 Å². The molecule has 0 amide bonds. The van der Waals surface area contributed by atoms with Crippen molar-refractivity contribution in [2.24, 2.45) is 5.41 Å². The normalized spacial score (nSPS) is 21.7. The van der Waals surface area contributed by atoms with Gasteiger partial charge in [-0.2, -0.15) is 0 Å². The summed E-state index contributed by atoms with van der Waals surface area (Å²) in [5, 5.41) is 11.6. The number of nitrogens with zero attached hydrogens (tertiary/aromatic N) is 2. The van der Waals surface area contributed by atoms with Crippen molar-refractivity contribution in [1.82, 2.24) is 0 Å². The minimum absolute atomic E-state index is 0.151. The van der Waals surface area contributed by atoms with Crippen molar-refractivity contribution in [2.75, 3.05) is 4.90 Å². The second-order valence-corrected chi connectivity index (χ2v) is 10.3. The number of carbonyl (C=O) groups is 3. The number of carbonyl (C=O) groups excluding carboxylic acids is 3. The summed E-state index contributed by atoms with van der Waals surface area (Å²) in [4.78, 5) is 56.6. The van der Waals surface area contributed by atoms with Crippen LogP contribution in [-0.4, -0.2) is 34.4 Å². The maximum absolute atomic E-state index is 14.6. The topological polar surface area (TPSA) is 97.6 Å². The van der Waals surface area contributed by atoms with Crippen molar-refractivity contribution in [3.63, 3.8) is 0 Å². The van der Waals surface area contributed by atoms with Crippen molar-refractivity contribution in [3.8, 4) is 0 Å². The number of fused-ring (bicyclic) bond motifs is 5. The van der Waals surface area contributed by atoms with E-state index in [2.05, 4.69) is 0 Å². The third kappa shape index (κ3) is 3.09. The average Bonchev–Trinajstić information content (AvgIpc) is 3.43. The van der Waals surface area contributed by atoms with Gasteiger partial charge < -0.3 is 4.90 Å². The smallest absolute Gasteiger partial charge is 0.270 e. The number of para-hydroxylation sites is 1. The highest BCUT2D eigenvalue weighted by atomic mass is 16.6. The van der Waals surface area contributed by atoms with E-state index in [0.29, 0.717) is 16.7 Å². The van der Waals surface area contributed by atoms with Crippen LogP contribution < -0.4 is 4.90 Å². The summed E-state index contributed by atoms with van der Waals surface area (Å²) >= 11 is 0. The van der Waals surface area contributed by atoms with Crippen LogP contribution in [0.2, 0.25) is 0 Å².